The van der Waals surface area contributed by atoms with Crippen LogP contribution in [0.2, 0.25) is 0 Å². The van der Waals surface area contributed by atoms with Gasteiger partial charge in [0.25, 0.3) is 5.91 Å². The number of hydrogen-bond acceptors (Lipinski definition) is 4. The van der Waals surface area contributed by atoms with E-state index in [0.29, 0.717) is 12.8 Å². The Morgan fingerprint density at radius 2 is 1.85 bits per heavy atom. The second-order valence-corrected chi connectivity index (χ2v) is 6.87. The summed E-state index contributed by atoms with van der Waals surface area (Å²) in [5.74, 6) is 0.702. The van der Waals surface area contributed by atoms with Crippen molar-refractivity contribution < 1.29 is 9.53 Å². The van der Waals surface area contributed by atoms with Gasteiger partial charge in [-0.05, 0) is 56.3 Å². The van der Waals surface area contributed by atoms with Crippen molar-refractivity contribution in [3.05, 3.63) is 59.9 Å². The molecule has 0 unspecified atom stereocenters. The van der Waals surface area contributed by atoms with E-state index in [2.05, 4.69) is 22.5 Å². The van der Waals surface area contributed by atoms with Gasteiger partial charge < -0.3 is 15.4 Å². The molecule has 0 spiro atoms. The van der Waals surface area contributed by atoms with Crippen molar-refractivity contribution in [2.75, 3.05) is 13.1 Å². The Morgan fingerprint density at radius 3 is 2.46 bits per heavy atom. The number of benzene rings is 1. The van der Waals surface area contributed by atoms with Gasteiger partial charge in [-0.2, -0.15) is 0 Å². The first-order valence-electron chi connectivity index (χ1n) is 9.30. The SMILES string of the molecule is CC[C@H](NC(=O)C1(Oc2ccc(C)cc2)CCNCC1)c1ccncc1. The topological polar surface area (TPSA) is 63.2 Å². The lowest BCUT2D eigenvalue weighted by atomic mass is 9.90. The number of rotatable bonds is 6. The van der Waals surface area contributed by atoms with E-state index in [1.54, 1.807) is 12.4 Å². The number of amides is 1. The minimum Gasteiger partial charge on any atom is -0.477 e. The zero-order chi connectivity index (χ0) is 18.4. The van der Waals surface area contributed by atoms with E-state index in [9.17, 15) is 4.79 Å². The molecule has 1 aliphatic heterocycles. The molecule has 1 fully saturated rings. The highest BCUT2D eigenvalue weighted by Gasteiger charge is 2.42. The first kappa shape index (κ1) is 18.4. The van der Waals surface area contributed by atoms with E-state index in [0.717, 1.165) is 30.8 Å². The Kier molecular flexibility index (Phi) is 5.89. The molecule has 2 heterocycles. The molecule has 1 aromatic heterocycles. The lowest BCUT2D eigenvalue weighted by Gasteiger charge is -2.37. The van der Waals surface area contributed by atoms with Gasteiger partial charge in [0.2, 0.25) is 0 Å². The number of ether oxygens (including phenoxy) is 1. The van der Waals surface area contributed by atoms with Crippen LogP contribution in [0.25, 0.3) is 0 Å². The monoisotopic (exact) mass is 353 g/mol. The van der Waals surface area contributed by atoms with E-state index in [1.807, 2.05) is 43.3 Å². The predicted octanol–water partition coefficient (Wildman–Crippen LogP) is 3.16. The molecule has 0 radical (unpaired) electrons. The fourth-order valence-electron chi connectivity index (χ4n) is 3.34. The van der Waals surface area contributed by atoms with Gasteiger partial charge in [0.1, 0.15) is 5.75 Å². The average Bonchev–Trinajstić information content (AvgIpc) is 2.69. The Labute approximate surface area is 155 Å². The quantitative estimate of drug-likeness (QED) is 0.837. The summed E-state index contributed by atoms with van der Waals surface area (Å²) in [5, 5.41) is 6.53. The first-order valence-corrected chi connectivity index (χ1v) is 9.30. The number of aryl methyl sites for hydroxylation is 1. The van der Waals surface area contributed by atoms with Crippen molar-refractivity contribution in [1.29, 1.82) is 0 Å². The predicted molar refractivity (Wildman–Crippen MR) is 102 cm³/mol. The molecule has 5 nitrogen and oxygen atoms in total. The summed E-state index contributed by atoms with van der Waals surface area (Å²) in [5.41, 5.74) is 1.40. The normalized spacial score (nSPS) is 17.3. The van der Waals surface area contributed by atoms with Crippen molar-refractivity contribution in [3.8, 4) is 5.75 Å². The fraction of sp³-hybridized carbons (Fsp3) is 0.429. The van der Waals surface area contributed by atoms with Gasteiger partial charge in [-0.3, -0.25) is 9.78 Å². The molecule has 1 amide bonds. The second-order valence-electron chi connectivity index (χ2n) is 6.87. The highest BCUT2D eigenvalue weighted by atomic mass is 16.5. The summed E-state index contributed by atoms with van der Waals surface area (Å²) in [6.45, 7) is 5.65. The molecule has 0 aliphatic carbocycles. The van der Waals surface area contributed by atoms with Crippen LogP contribution in [-0.2, 0) is 4.79 Å². The molecule has 138 valence electrons. The van der Waals surface area contributed by atoms with Gasteiger partial charge in [-0.15, -0.1) is 0 Å². The maximum absolute atomic E-state index is 13.3. The number of carbonyl (C=O) groups excluding carboxylic acids is 1. The van der Waals surface area contributed by atoms with Crippen LogP contribution in [0.3, 0.4) is 0 Å². The number of aromatic nitrogens is 1. The number of nitrogens with zero attached hydrogens (tertiary/aromatic N) is 1. The van der Waals surface area contributed by atoms with Gasteiger partial charge in [-0.25, -0.2) is 0 Å². The summed E-state index contributed by atoms with van der Waals surface area (Å²) in [6, 6.07) is 11.7. The van der Waals surface area contributed by atoms with Gasteiger partial charge in [0, 0.05) is 25.2 Å². The second kappa shape index (κ2) is 8.32. The number of piperidine rings is 1. The van der Waals surface area contributed by atoms with Crippen LogP contribution in [-0.4, -0.2) is 29.6 Å². The largest absolute Gasteiger partial charge is 0.477 e. The van der Waals surface area contributed by atoms with Crippen molar-refractivity contribution in [2.24, 2.45) is 0 Å². The smallest absolute Gasteiger partial charge is 0.264 e. The summed E-state index contributed by atoms with van der Waals surface area (Å²) >= 11 is 0. The van der Waals surface area contributed by atoms with E-state index in [4.69, 9.17) is 4.74 Å². The van der Waals surface area contributed by atoms with Crippen LogP contribution < -0.4 is 15.4 Å². The number of pyridine rings is 1. The third kappa shape index (κ3) is 4.22. The maximum atomic E-state index is 13.3. The molecule has 5 heteroatoms. The number of nitrogens with one attached hydrogen (secondary N) is 2. The molecule has 0 saturated carbocycles. The van der Waals surface area contributed by atoms with Gasteiger partial charge >= 0.3 is 0 Å². The van der Waals surface area contributed by atoms with Crippen molar-refractivity contribution in [2.45, 2.75) is 44.8 Å². The summed E-state index contributed by atoms with van der Waals surface area (Å²) < 4.78 is 6.28. The Bertz CT molecular complexity index is 710. The molecular weight excluding hydrogens is 326 g/mol. The molecule has 2 aromatic rings. The molecule has 1 aromatic carbocycles. The third-order valence-corrected chi connectivity index (χ3v) is 4.98. The highest BCUT2D eigenvalue weighted by molar-refractivity contribution is 5.86. The van der Waals surface area contributed by atoms with E-state index >= 15 is 0 Å². The van der Waals surface area contributed by atoms with E-state index in [1.165, 1.54) is 5.56 Å². The zero-order valence-corrected chi connectivity index (χ0v) is 15.5. The van der Waals surface area contributed by atoms with Gasteiger partial charge in [0.05, 0.1) is 6.04 Å². The highest BCUT2D eigenvalue weighted by Crippen LogP contribution is 2.28. The first-order chi connectivity index (χ1) is 12.6. The molecule has 3 rings (SSSR count). The van der Waals surface area contributed by atoms with Crippen LogP contribution in [0.4, 0.5) is 0 Å². The fourth-order valence-corrected chi connectivity index (χ4v) is 3.34. The lowest BCUT2D eigenvalue weighted by Crippen LogP contribution is -2.57. The molecular formula is C21H27N3O2. The average molecular weight is 353 g/mol. The van der Waals surface area contributed by atoms with Crippen LogP contribution in [0.15, 0.2) is 48.8 Å². The van der Waals surface area contributed by atoms with E-state index < -0.39 is 5.60 Å². The summed E-state index contributed by atoms with van der Waals surface area (Å²) in [4.78, 5) is 17.3. The summed E-state index contributed by atoms with van der Waals surface area (Å²) in [7, 11) is 0. The maximum Gasteiger partial charge on any atom is 0.264 e. The van der Waals surface area contributed by atoms with Crippen molar-refractivity contribution in [1.82, 2.24) is 15.6 Å². The molecule has 0 bridgehead atoms. The number of hydrogen-bond donors (Lipinski definition) is 2. The lowest BCUT2D eigenvalue weighted by molar-refractivity contribution is -0.140. The van der Waals surface area contributed by atoms with Crippen LogP contribution in [0, 0.1) is 6.92 Å². The molecule has 2 N–H and O–H groups in total. The summed E-state index contributed by atoms with van der Waals surface area (Å²) in [6.07, 6.45) is 5.63. The molecule has 1 saturated heterocycles. The number of carbonyl (C=O) groups is 1. The Morgan fingerprint density at radius 1 is 1.19 bits per heavy atom. The molecule has 1 atom stereocenters. The van der Waals surface area contributed by atoms with Gasteiger partial charge in [-0.1, -0.05) is 24.6 Å². The van der Waals surface area contributed by atoms with Crippen LogP contribution in [0.1, 0.15) is 43.4 Å². The molecule has 1 aliphatic rings. The minimum absolute atomic E-state index is 0.0387. The van der Waals surface area contributed by atoms with Crippen LogP contribution in [0.5, 0.6) is 5.75 Å². The standard InChI is InChI=1S/C21H27N3O2/c1-3-19(17-8-12-22-13-9-17)24-20(25)21(10-14-23-15-11-21)26-18-6-4-16(2)5-7-18/h4-9,12-13,19,23H,3,10-11,14-15H2,1-2H3,(H,24,25)/t19-/m0/s1. The Hall–Kier alpha value is -2.40. The van der Waals surface area contributed by atoms with Gasteiger partial charge in [0.15, 0.2) is 5.60 Å². The molecule has 26 heavy (non-hydrogen) atoms. The zero-order valence-electron chi connectivity index (χ0n) is 15.5. The van der Waals surface area contributed by atoms with Crippen molar-refractivity contribution >= 4 is 5.91 Å². The van der Waals surface area contributed by atoms with E-state index in [-0.39, 0.29) is 11.9 Å². The third-order valence-electron chi connectivity index (χ3n) is 4.98. The van der Waals surface area contributed by atoms with Crippen molar-refractivity contribution in [3.63, 3.8) is 0 Å². The minimum atomic E-state index is -0.832. The Balaban J connectivity index is 1.79. The van der Waals surface area contributed by atoms with Crippen LogP contribution >= 0.6 is 0 Å².